The van der Waals surface area contributed by atoms with Crippen LogP contribution in [0.4, 0.5) is 33.7 Å². The van der Waals surface area contributed by atoms with Gasteiger partial charge in [-0.2, -0.15) is 15.0 Å². The van der Waals surface area contributed by atoms with E-state index in [1.54, 1.807) is 18.3 Å². The number of hydrogen-bond donors (Lipinski definition) is 1. The molecule has 1 saturated heterocycles. The summed E-state index contributed by atoms with van der Waals surface area (Å²) >= 11 is 6.31. The summed E-state index contributed by atoms with van der Waals surface area (Å²) in [5.41, 5.74) is 0.579. The van der Waals surface area contributed by atoms with Crippen LogP contribution in [0.15, 0.2) is 42.6 Å². The number of nitrogens with one attached hydrogen (secondary N) is 1. The summed E-state index contributed by atoms with van der Waals surface area (Å²) in [7, 11) is 1.94. The van der Waals surface area contributed by atoms with Gasteiger partial charge in [-0.3, -0.25) is 0 Å². The SMILES string of the molecule is CC(C)N(C)c1nc(Nc2cccc(F)c2)nc(N2CCN(c3ncccc3Cl)CC2)n1. The number of halogens is 2. The number of piperazine rings is 1. The average Bonchev–Trinajstić information content (AvgIpc) is 2.79. The summed E-state index contributed by atoms with van der Waals surface area (Å²) in [6.45, 7) is 7.04. The zero-order valence-corrected chi connectivity index (χ0v) is 19.1. The van der Waals surface area contributed by atoms with Gasteiger partial charge in [-0.1, -0.05) is 17.7 Å². The molecule has 0 aliphatic carbocycles. The molecule has 0 unspecified atom stereocenters. The predicted octanol–water partition coefficient (Wildman–Crippen LogP) is 3.97. The molecule has 10 heteroatoms. The number of benzene rings is 1. The normalized spacial score (nSPS) is 14.1. The maximum atomic E-state index is 13.6. The summed E-state index contributed by atoms with van der Waals surface area (Å²) in [5, 5.41) is 3.75. The van der Waals surface area contributed by atoms with E-state index in [2.05, 4.69) is 43.9 Å². The first kappa shape index (κ1) is 22.0. The van der Waals surface area contributed by atoms with Crippen molar-refractivity contribution in [2.24, 2.45) is 0 Å². The quantitative estimate of drug-likeness (QED) is 0.597. The van der Waals surface area contributed by atoms with Crippen LogP contribution in [0.5, 0.6) is 0 Å². The molecule has 0 atom stereocenters. The molecule has 3 aromatic rings. The minimum absolute atomic E-state index is 0.204. The summed E-state index contributed by atoms with van der Waals surface area (Å²) < 4.78 is 13.6. The molecule has 0 spiro atoms. The van der Waals surface area contributed by atoms with E-state index in [-0.39, 0.29) is 11.9 Å². The first-order valence-corrected chi connectivity index (χ1v) is 10.9. The van der Waals surface area contributed by atoms with Crippen LogP contribution in [0.25, 0.3) is 0 Å². The Kier molecular flexibility index (Phi) is 6.55. The van der Waals surface area contributed by atoms with Crippen LogP contribution in [0.3, 0.4) is 0 Å². The van der Waals surface area contributed by atoms with Crippen molar-refractivity contribution in [3.63, 3.8) is 0 Å². The fourth-order valence-corrected chi connectivity index (χ4v) is 3.60. The summed E-state index contributed by atoms with van der Waals surface area (Å²) in [6.07, 6.45) is 1.75. The van der Waals surface area contributed by atoms with Crippen LogP contribution in [0.1, 0.15) is 13.8 Å². The highest BCUT2D eigenvalue weighted by Crippen LogP contribution is 2.25. The molecule has 32 heavy (non-hydrogen) atoms. The molecular weight excluding hydrogens is 431 g/mol. The minimum atomic E-state index is -0.326. The molecule has 0 radical (unpaired) electrons. The molecule has 1 aromatic carbocycles. The second-order valence-corrected chi connectivity index (χ2v) is 8.29. The second-order valence-electron chi connectivity index (χ2n) is 7.88. The molecule has 168 valence electrons. The van der Waals surface area contributed by atoms with Crippen LogP contribution in [0.2, 0.25) is 5.02 Å². The maximum Gasteiger partial charge on any atom is 0.233 e. The van der Waals surface area contributed by atoms with E-state index in [1.807, 2.05) is 24.1 Å². The van der Waals surface area contributed by atoms with Crippen LogP contribution >= 0.6 is 11.6 Å². The third kappa shape index (κ3) is 4.99. The maximum absolute atomic E-state index is 13.6. The Morgan fingerprint density at radius 2 is 1.78 bits per heavy atom. The smallest absolute Gasteiger partial charge is 0.233 e. The molecule has 1 aliphatic rings. The summed E-state index contributed by atoms with van der Waals surface area (Å²) in [6, 6.07) is 10.1. The van der Waals surface area contributed by atoms with Gasteiger partial charge in [0.05, 0.1) is 5.02 Å². The van der Waals surface area contributed by atoms with E-state index in [0.717, 1.165) is 18.9 Å². The zero-order chi connectivity index (χ0) is 22.7. The monoisotopic (exact) mass is 456 g/mol. The lowest BCUT2D eigenvalue weighted by Gasteiger charge is -2.36. The Balaban J connectivity index is 1.57. The van der Waals surface area contributed by atoms with Gasteiger partial charge in [-0.15, -0.1) is 0 Å². The molecule has 1 N–H and O–H groups in total. The molecule has 1 fully saturated rings. The van der Waals surface area contributed by atoms with E-state index in [1.165, 1.54) is 12.1 Å². The topological polar surface area (TPSA) is 73.3 Å². The van der Waals surface area contributed by atoms with Crippen molar-refractivity contribution in [2.45, 2.75) is 19.9 Å². The van der Waals surface area contributed by atoms with Crippen molar-refractivity contribution in [2.75, 3.05) is 53.2 Å². The number of pyridine rings is 1. The predicted molar refractivity (Wildman–Crippen MR) is 127 cm³/mol. The highest BCUT2D eigenvalue weighted by atomic mass is 35.5. The van der Waals surface area contributed by atoms with Gasteiger partial charge >= 0.3 is 0 Å². The van der Waals surface area contributed by atoms with Gasteiger partial charge in [-0.05, 0) is 44.2 Å². The van der Waals surface area contributed by atoms with Gasteiger partial charge in [0.1, 0.15) is 11.6 Å². The van der Waals surface area contributed by atoms with Crippen molar-refractivity contribution in [3.8, 4) is 0 Å². The van der Waals surface area contributed by atoms with E-state index in [0.29, 0.717) is 41.6 Å². The molecule has 2 aromatic heterocycles. The Labute approximate surface area is 192 Å². The Hall–Kier alpha value is -3.20. The number of rotatable bonds is 6. The van der Waals surface area contributed by atoms with Gasteiger partial charge in [0, 0.05) is 51.2 Å². The minimum Gasteiger partial charge on any atom is -0.352 e. The molecule has 0 amide bonds. The zero-order valence-electron chi connectivity index (χ0n) is 18.3. The van der Waals surface area contributed by atoms with E-state index in [4.69, 9.17) is 16.6 Å². The third-order valence-electron chi connectivity index (χ3n) is 5.38. The van der Waals surface area contributed by atoms with Crippen LogP contribution in [0, 0.1) is 5.82 Å². The van der Waals surface area contributed by atoms with Gasteiger partial charge in [0.25, 0.3) is 0 Å². The van der Waals surface area contributed by atoms with Gasteiger partial charge in [0.15, 0.2) is 0 Å². The van der Waals surface area contributed by atoms with Crippen LogP contribution in [-0.2, 0) is 0 Å². The van der Waals surface area contributed by atoms with E-state index >= 15 is 0 Å². The highest BCUT2D eigenvalue weighted by molar-refractivity contribution is 6.32. The highest BCUT2D eigenvalue weighted by Gasteiger charge is 2.23. The average molecular weight is 457 g/mol. The summed E-state index contributed by atoms with van der Waals surface area (Å²) in [5.74, 6) is 1.97. The lowest BCUT2D eigenvalue weighted by atomic mass is 10.3. The van der Waals surface area contributed by atoms with Crippen molar-refractivity contribution < 1.29 is 4.39 Å². The number of hydrogen-bond acceptors (Lipinski definition) is 8. The molecule has 1 aliphatic heterocycles. The Bertz CT molecular complexity index is 1070. The van der Waals surface area contributed by atoms with Gasteiger partial charge < -0.3 is 20.0 Å². The van der Waals surface area contributed by atoms with Crippen molar-refractivity contribution >= 4 is 41.0 Å². The van der Waals surface area contributed by atoms with Crippen molar-refractivity contribution in [3.05, 3.63) is 53.4 Å². The molecule has 4 rings (SSSR count). The lowest BCUT2D eigenvalue weighted by Crippen LogP contribution is -2.47. The van der Waals surface area contributed by atoms with Crippen LogP contribution < -0.4 is 20.0 Å². The first-order chi connectivity index (χ1) is 15.4. The third-order valence-corrected chi connectivity index (χ3v) is 5.68. The lowest BCUT2D eigenvalue weighted by molar-refractivity contribution is 0.628. The molecular formula is C22H26ClFN8. The standard InChI is InChI=1S/C22H26ClFN8/c1-15(2)30(3)21-27-20(26-17-7-4-6-16(24)14-17)28-22(29-21)32-12-10-31(11-13-32)19-18(23)8-5-9-25-19/h4-9,14-15H,10-13H2,1-3H3,(H,26,27,28,29). The van der Waals surface area contributed by atoms with E-state index in [9.17, 15) is 4.39 Å². The van der Waals surface area contributed by atoms with Gasteiger partial charge in [0.2, 0.25) is 17.8 Å². The Morgan fingerprint density at radius 3 is 2.47 bits per heavy atom. The second kappa shape index (κ2) is 9.52. The number of anilines is 5. The van der Waals surface area contributed by atoms with Crippen LogP contribution in [-0.4, -0.2) is 59.2 Å². The summed E-state index contributed by atoms with van der Waals surface area (Å²) in [4.78, 5) is 24.5. The Morgan fingerprint density at radius 1 is 1.03 bits per heavy atom. The molecule has 3 heterocycles. The number of aromatic nitrogens is 4. The van der Waals surface area contributed by atoms with Crippen molar-refractivity contribution in [1.29, 1.82) is 0 Å². The van der Waals surface area contributed by atoms with Crippen molar-refractivity contribution in [1.82, 2.24) is 19.9 Å². The molecule has 0 bridgehead atoms. The van der Waals surface area contributed by atoms with Gasteiger partial charge in [-0.25, -0.2) is 9.37 Å². The first-order valence-electron chi connectivity index (χ1n) is 10.5. The molecule has 0 saturated carbocycles. The largest absolute Gasteiger partial charge is 0.352 e. The number of nitrogens with zero attached hydrogens (tertiary/aromatic N) is 7. The fourth-order valence-electron chi connectivity index (χ4n) is 3.36. The van der Waals surface area contributed by atoms with E-state index < -0.39 is 0 Å². The molecule has 8 nitrogen and oxygen atoms in total. The fraction of sp³-hybridized carbons (Fsp3) is 0.364.